The summed E-state index contributed by atoms with van der Waals surface area (Å²) < 4.78 is 0. The number of nitrogens with zero attached hydrogens (tertiary/aromatic N) is 1. The van der Waals surface area contributed by atoms with E-state index in [1.54, 1.807) is 11.8 Å². The number of carbonyl (C=O) groups is 2. The fraction of sp³-hybridized carbons (Fsp3) is 0.875. The lowest BCUT2D eigenvalue weighted by atomic mass is 9.90. The Kier molecular flexibility index (Phi) is 7.04. The van der Waals surface area contributed by atoms with Crippen LogP contribution in [0.15, 0.2) is 0 Å². The molecule has 0 aromatic heterocycles. The molecule has 4 unspecified atom stereocenters. The number of nitrogens with one attached hydrogen (secondary N) is 1. The zero-order valence-electron chi connectivity index (χ0n) is 14.2. The van der Waals surface area contributed by atoms with Crippen molar-refractivity contribution in [3.63, 3.8) is 0 Å². The first-order chi connectivity index (χ1) is 9.83. The van der Waals surface area contributed by atoms with E-state index in [1.165, 1.54) is 0 Å². The highest BCUT2D eigenvalue weighted by Gasteiger charge is 2.43. The summed E-state index contributed by atoms with van der Waals surface area (Å²) in [5, 5.41) is 2.95. The molecule has 0 aliphatic carbocycles. The van der Waals surface area contributed by atoms with E-state index in [0.717, 1.165) is 12.2 Å². The molecular weight excluding hydrogens is 284 g/mol. The van der Waals surface area contributed by atoms with Crippen molar-refractivity contribution in [3.05, 3.63) is 0 Å². The smallest absolute Gasteiger partial charge is 0.246 e. The molecule has 1 fully saturated rings. The van der Waals surface area contributed by atoms with Crippen LogP contribution in [-0.2, 0) is 9.59 Å². The van der Waals surface area contributed by atoms with Gasteiger partial charge in [0.2, 0.25) is 11.8 Å². The molecule has 4 nitrogen and oxygen atoms in total. The van der Waals surface area contributed by atoms with Gasteiger partial charge in [0.1, 0.15) is 12.1 Å². The average Bonchev–Trinajstić information content (AvgIpc) is 2.41. The average molecular weight is 314 g/mol. The minimum absolute atomic E-state index is 0.00579. The lowest BCUT2D eigenvalue weighted by Gasteiger charge is -2.43. The number of hydrogen-bond acceptors (Lipinski definition) is 3. The Bertz CT molecular complexity index is 373. The molecule has 1 saturated heterocycles. The number of amides is 2. The Morgan fingerprint density at radius 3 is 2.33 bits per heavy atom. The Balaban J connectivity index is 2.97. The van der Waals surface area contributed by atoms with Crippen LogP contribution in [0.4, 0.5) is 0 Å². The number of piperazine rings is 1. The van der Waals surface area contributed by atoms with Gasteiger partial charge in [-0.3, -0.25) is 9.59 Å². The van der Waals surface area contributed by atoms with Gasteiger partial charge in [-0.2, -0.15) is 11.8 Å². The van der Waals surface area contributed by atoms with E-state index in [2.05, 4.69) is 25.4 Å². The molecule has 0 aromatic rings. The van der Waals surface area contributed by atoms with E-state index in [-0.39, 0.29) is 35.7 Å². The van der Waals surface area contributed by atoms with Crippen LogP contribution in [0.3, 0.4) is 0 Å². The van der Waals surface area contributed by atoms with Gasteiger partial charge in [0.25, 0.3) is 0 Å². The van der Waals surface area contributed by atoms with Gasteiger partial charge in [0.15, 0.2) is 0 Å². The van der Waals surface area contributed by atoms with Gasteiger partial charge in [0.05, 0.1) is 0 Å². The third-order valence-corrected chi connectivity index (χ3v) is 5.16. The van der Waals surface area contributed by atoms with Crippen molar-refractivity contribution in [2.75, 3.05) is 18.6 Å². The summed E-state index contributed by atoms with van der Waals surface area (Å²) in [6, 6.07) is -0.693. The molecule has 4 atom stereocenters. The largest absolute Gasteiger partial charge is 0.342 e. The van der Waals surface area contributed by atoms with Crippen LogP contribution in [0, 0.1) is 17.8 Å². The van der Waals surface area contributed by atoms with Crippen LogP contribution in [0.1, 0.15) is 41.0 Å². The quantitative estimate of drug-likeness (QED) is 0.785. The molecule has 1 aliphatic heterocycles. The number of carbonyl (C=O) groups excluding carboxylic acids is 2. The normalized spacial score (nSPS) is 26.0. The highest BCUT2D eigenvalue weighted by Crippen LogP contribution is 2.23. The Morgan fingerprint density at radius 1 is 1.24 bits per heavy atom. The Morgan fingerprint density at radius 2 is 1.86 bits per heavy atom. The highest BCUT2D eigenvalue weighted by atomic mass is 32.2. The topological polar surface area (TPSA) is 49.4 Å². The predicted octanol–water partition coefficient (Wildman–Crippen LogP) is 2.38. The van der Waals surface area contributed by atoms with E-state index in [4.69, 9.17) is 0 Å². The second-order valence-electron chi connectivity index (χ2n) is 6.61. The van der Waals surface area contributed by atoms with Crippen LogP contribution in [0.2, 0.25) is 0 Å². The van der Waals surface area contributed by atoms with Crippen LogP contribution >= 0.6 is 11.8 Å². The maximum Gasteiger partial charge on any atom is 0.246 e. The van der Waals surface area contributed by atoms with Gasteiger partial charge in [0, 0.05) is 6.54 Å². The summed E-state index contributed by atoms with van der Waals surface area (Å²) in [7, 11) is 0. The van der Waals surface area contributed by atoms with Crippen molar-refractivity contribution in [2.45, 2.75) is 53.1 Å². The van der Waals surface area contributed by atoms with Crippen LogP contribution < -0.4 is 5.32 Å². The van der Waals surface area contributed by atoms with Crippen molar-refractivity contribution in [2.24, 2.45) is 17.8 Å². The lowest BCUT2D eigenvalue weighted by Crippen LogP contribution is -2.66. The van der Waals surface area contributed by atoms with E-state index >= 15 is 0 Å². The molecule has 0 saturated carbocycles. The Labute approximate surface area is 133 Å². The van der Waals surface area contributed by atoms with Gasteiger partial charge in [-0.05, 0) is 29.8 Å². The molecule has 5 heteroatoms. The van der Waals surface area contributed by atoms with Gasteiger partial charge in [-0.15, -0.1) is 0 Å². The fourth-order valence-electron chi connectivity index (χ4n) is 2.92. The predicted molar refractivity (Wildman–Crippen MR) is 89.3 cm³/mol. The molecule has 0 bridgehead atoms. The molecule has 1 N–H and O–H groups in total. The molecule has 1 rings (SSSR count). The Hall–Kier alpha value is -0.710. The van der Waals surface area contributed by atoms with E-state index in [9.17, 15) is 9.59 Å². The van der Waals surface area contributed by atoms with Gasteiger partial charge in [-0.1, -0.05) is 41.0 Å². The maximum atomic E-state index is 12.8. The summed E-state index contributed by atoms with van der Waals surface area (Å²) >= 11 is 1.78. The lowest BCUT2D eigenvalue weighted by molar-refractivity contribution is -0.153. The zero-order chi connectivity index (χ0) is 16.2. The van der Waals surface area contributed by atoms with Gasteiger partial charge >= 0.3 is 0 Å². The third kappa shape index (κ3) is 4.38. The summed E-state index contributed by atoms with van der Waals surface area (Å²) in [4.78, 5) is 27.1. The maximum absolute atomic E-state index is 12.8. The SMILES string of the molecule is CCC(C)C1NC(=O)C(C(C)C)N(CC(C)CSC)C1=O. The van der Waals surface area contributed by atoms with E-state index < -0.39 is 0 Å². The van der Waals surface area contributed by atoms with Crippen LogP contribution in [0.25, 0.3) is 0 Å². The van der Waals surface area contributed by atoms with Crippen LogP contribution in [0.5, 0.6) is 0 Å². The van der Waals surface area contributed by atoms with Crippen molar-refractivity contribution in [1.82, 2.24) is 10.2 Å². The summed E-state index contributed by atoms with van der Waals surface area (Å²) in [5.74, 6) is 1.81. The van der Waals surface area contributed by atoms with Crippen molar-refractivity contribution in [1.29, 1.82) is 0 Å². The molecule has 1 aliphatic rings. The molecule has 21 heavy (non-hydrogen) atoms. The van der Waals surface area contributed by atoms with E-state index in [0.29, 0.717) is 12.5 Å². The second-order valence-corrected chi connectivity index (χ2v) is 7.52. The third-order valence-electron chi connectivity index (χ3n) is 4.26. The fourth-order valence-corrected chi connectivity index (χ4v) is 3.59. The molecule has 0 spiro atoms. The van der Waals surface area contributed by atoms with Gasteiger partial charge < -0.3 is 10.2 Å². The molecule has 2 amide bonds. The van der Waals surface area contributed by atoms with Crippen molar-refractivity contribution in [3.8, 4) is 0 Å². The van der Waals surface area contributed by atoms with Crippen LogP contribution in [-0.4, -0.2) is 47.4 Å². The minimum Gasteiger partial charge on any atom is -0.342 e. The number of rotatable bonds is 7. The first kappa shape index (κ1) is 18.3. The minimum atomic E-state index is -0.362. The van der Waals surface area contributed by atoms with Crippen molar-refractivity contribution < 1.29 is 9.59 Å². The van der Waals surface area contributed by atoms with Gasteiger partial charge in [-0.25, -0.2) is 0 Å². The standard InChI is InChI=1S/C16H30N2O2S/c1-7-12(5)13-16(20)18(8-11(4)9-21-6)14(10(2)3)15(19)17-13/h10-14H,7-9H2,1-6H3,(H,17,19). The summed E-state index contributed by atoms with van der Waals surface area (Å²) in [6.45, 7) is 10.9. The first-order valence-corrected chi connectivity index (χ1v) is 9.32. The zero-order valence-corrected chi connectivity index (χ0v) is 15.0. The second kappa shape index (κ2) is 8.06. The molecule has 0 radical (unpaired) electrons. The highest BCUT2D eigenvalue weighted by molar-refractivity contribution is 7.98. The molecule has 1 heterocycles. The molecule has 122 valence electrons. The first-order valence-electron chi connectivity index (χ1n) is 7.93. The van der Waals surface area contributed by atoms with Crippen molar-refractivity contribution >= 4 is 23.6 Å². The number of thioether (sulfide) groups is 1. The monoisotopic (exact) mass is 314 g/mol. The molecular formula is C16H30N2O2S. The molecule has 0 aromatic carbocycles. The summed E-state index contributed by atoms with van der Waals surface area (Å²) in [5.41, 5.74) is 0. The number of hydrogen-bond donors (Lipinski definition) is 1. The summed E-state index contributed by atoms with van der Waals surface area (Å²) in [6.07, 6.45) is 2.96. The van der Waals surface area contributed by atoms with E-state index in [1.807, 2.05) is 25.7 Å².